The van der Waals surface area contributed by atoms with E-state index in [1.165, 1.54) is 21.9 Å². The number of rotatable bonds is 4. The molecule has 178 valence electrons. The Morgan fingerprint density at radius 2 is 0.842 bits per heavy atom. The van der Waals surface area contributed by atoms with Crippen molar-refractivity contribution >= 4 is 21.5 Å². The standard InChI is InChI=1S/C35H23N3/c1-3-11-25(12-4-1)31-17-9-16-28-23-30(20-21-32(28)31)35-37-33(26-13-5-2-6-14-26)36-34(38-35)29-19-18-24-10-7-8-15-27(24)22-29/h1-23H. The van der Waals surface area contributed by atoms with Crippen LogP contribution in [0.3, 0.4) is 0 Å². The van der Waals surface area contributed by atoms with Crippen LogP contribution in [0.4, 0.5) is 0 Å². The Hall–Kier alpha value is -5.15. The molecule has 3 heteroatoms. The van der Waals surface area contributed by atoms with E-state index in [1.54, 1.807) is 0 Å². The predicted molar refractivity (Wildman–Crippen MR) is 157 cm³/mol. The molecule has 0 aliphatic carbocycles. The van der Waals surface area contributed by atoms with Crippen LogP contribution in [-0.2, 0) is 0 Å². The molecule has 3 nitrogen and oxygen atoms in total. The summed E-state index contributed by atoms with van der Waals surface area (Å²) in [6.07, 6.45) is 0. The van der Waals surface area contributed by atoms with Gasteiger partial charge in [0, 0.05) is 16.7 Å². The first-order valence-electron chi connectivity index (χ1n) is 12.7. The van der Waals surface area contributed by atoms with Crippen LogP contribution in [0, 0.1) is 0 Å². The zero-order valence-corrected chi connectivity index (χ0v) is 20.6. The summed E-state index contributed by atoms with van der Waals surface area (Å²) in [7, 11) is 0. The number of hydrogen-bond acceptors (Lipinski definition) is 3. The van der Waals surface area contributed by atoms with Crippen LogP contribution in [-0.4, -0.2) is 15.0 Å². The monoisotopic (exact) mass is 485 g/mol. The molecular weight excluding hydrogens is 462 g/mol. The molecule has 0 saturated heterocycles. The second-order valence-corrected chi connectivity index (χ2v) is 9.34. The van der Waals surface area contributed by atoms with Gasteiger partial charge in [-0.1, -0.05) is 127 Å². The van der Waals surface area contributed by atoms with E-state index in [1.807, 2.05) is 36.4 Å². The van der Waals surface area contributed by atoms with Crippen LogP contribution in [0.2, 0.25) is 0 Å². The molecule has 7 rings (SSSR count). The van der Waals surface area contributed by atoms with E-state index in [4.69, 9.17) is 15.0 Å². The van der Waals surface area contributed by atoms with Crippen molar-refractivity contribution in [2.24, 2.45) is 0 Å². The lowest BCUT2D eigenvalue weighted by molar-refractivity contribution is 1.08. The first-order valence-corrected chi connectivity index (χ1v) is 12.7. The van der Waals surface area contributed by atoms with E-state index < -0.39 is 0 Å². The van der Waals surface area contributed by atoms with Crippen LogP contribution in [0.25, 0.3) is 66.8 Å². The van der Waals surface area contributed by atoms with Crippen molar-refractivity contribution in [2.45, 2.75) is 0 Å². The topological polar surface area (TPSA) is 38.7 Å². The highest BCUT2D eigenvalue weighted by Crippen LogP contribution is 2.32. The molecule has 0 amide bonds. The van der Waals surface area contributed by atoms with Crippen LogP contribution >= 0.6 is 0 Å². The van der Waals surface area contributed by atoms with Crippen LogP contribution in [0.5, 0.6) is 0 Å². The van der Waals surface area contributed by atoms with E-state index >= 15 is 0 Å². The van der Waals surface area contributed by atoms with Crippen molar-refractivity contribution in [1.82, 2.24) is 15.0 Å². The van der Waals surface area contributed by atoms with Crippen molar-refractivity contribution in [3.63, 3.8) is 0 Å². The Labute approximate surface area is 221 Å². The largest absolute Gasteiger partial charge is 0.208 e. The highest BCUT2D eigenvalue weighted by Gasteiger charge is 2.14. The number of fused-ring (bicyclic) bond motifs is 2. The molecule has 0 spiro atoms. The molecular formula is C35H23N3. The lowest BCUT2D eigenvalue weighted by Crippen LogP contribution is -2.00. The molecule has 0 aliphatic heterocycles. The van der Waals surface area contributed by atoms with Gasteiger partial charge < -0.3 is 0 Å². The van der Waals surface area contributed by atoms with Crippen LogP contribution in [0.1, 0.15) is 0 Å². The summed E-state index contributed by atoms with van der Waals surface area (Å²) in [5.74, 6) is 1.99. The third-order valence-electron chi connectivity index (χ3n) is 6.90. The second-order valence-electron chi connectivity index (χ2n) is 9.34. The Morgan fingerprint density at radius 1 is 0.316 bits per heavy atom. The smallest absolute Gasteiger partial charge is 0.164 e. The minimum Gasteiger partial charge on any atom is -0.208 e. The Bertz CT molecular complexity index is 1910. The van der Waals surface area contributed by atoms with Gasteiger partial charge in [0.15, 0.2) is 17.5 Å². The van der Waals surface area contributed by atoms with Crippen LogP contribution < -0.4 is 0 Å². The van der Waals surface area contributed by atoms with Gasteiger partial charge in [-0.15, -0.1) is 0 Å². The van der Waals surface area contributed by atoms with Gasteiger partial charge in [-0.2, -0.15) is 0 Å². The molecule has 0 saturated carbocycles. The maximum absolute atomic E-state index is 4.97. The second kappa shape index (κ2) is 9.38. The zero-order valence-electron chi connectivity index (χ0n) is 20.6. The van der Waals surface area contributed by atoms with Gasteiger partial charge in [0.05, 0.1) is 0 Å². The number of benzene rings is 6. The minimum atomic E-state index is 0.661. The average Bonchev–Trinajstić information content (AvgIpc) is 3.01. The predicted octanol–water partition coefficient (Wildman–Crippen LogP) is 8.85. The number of nitrogens with zero attached hydrogens (tertiary/aromatic N) is 3. The maximum Gasteiger partial charge on any atom is 0.164 e. The first-order chi connectivity index (χ1) is 18.8. The molecule has 0 aliphatic rings. The van der Waals surface area contributed by atoms with E-state index in [0.29, 0.717) is 17.5 Å². The van der Waals surface area contributed by atoms with Gasteiger partial charge in [-0.05, 0) is 44.8 Å². The lowest BCUT2D eigenvalue weighted by atomic mass is 9.97. The van der Waals surface area contributed by atoms with Gasteiger partial charge >= 0.3 is 0 Å². The van der Waals surface area contributed by atoms with E-state index in [2.05, 4.69) is 103 Å². The summed E-state index contributed by atoms with van der Waals surface area (Å²) in [4.78, 5) is 14.8. The van der Waals surface area contributed by atoms with E-state index in [0.717, 1.165) is 27.5 Å². The summed E-state index contributed by atoms with van der Waals surface area (Å²) in [5, 5.41) is 4.71. The molecule has 1 heterocycles. The molecule has 0 N–H and O–H groups in total. The summed E-state index contributed by atoms with van der Waals surface area (Å²) < 4.78 is 0. The molecule has 6 aromatic carbocycles. The summed E-state index contributed by atoms with van der Waals surface area (Å²) >= 11 is 0. The number of hydrogen-bond donors (Lipinski definition) is 0. The third-order valence-corrected chi connectivity index (χ3v) is 6.90. The van der Waals surface area contributed by atoms with Crippen molar-refractivity contribution in [3.05, 3.63) is 140 Å². The quantitative estimate of drug-likeness (QED) is 0.250. The maximum atomic E-state index is 4.97. The SMILES string of the molecule is c1ccc(-c2nc(-c3ccc4ccccc4c3)nc(-c3ccc4c(-c5ccccc5)cccc4c3)n2)cc1. The molecule has 1 aromatic heterocycles. The van der Waals surface area contributed by atoms with Crippen molar-refractivity contribution in [2.75, 3.05) is 0 Å². The third kappa shape index (κ3) is 4.10. The molecule has 0 bridgehead atoms. The molecule has 0 unspecified atom stereocenters. The fourth-order valence-corrected chi connectivity index (χ4v) is 4.97. The van der Waals surface area contributed by atoms with Crippen LogP contribution in [0.15, 0.2) is 140 Å². The zero-order chi connectivity index (χ0) is 25.3. The Kier molecular flexibility index (Phi) is 5.45. The van der Waals surface area contributed by atoms with Gasteiger partial charge in [0.2, 0.25) is 0 Å². The first kappa shape index (κ1) is 22.1. The van der Waals surface area contributed by atoms with Gasteiger partial charge in [-0.25, -0.2) is 15.0 Å². The summed E-state index contributed by atoms with van der Waals surface area (Å²) in [5.41, 5.74) is 5.31. The van der Waals surface area contributed by atoms with Crippen molar-refractivity contribution in [3.8, 4) is 45.3 Å². The molecule has 0 atom stereocenters. The van der Waals surface area contributed by atoms with Crippen molar-refractivity contribution < 1.29 is 0 Å². The molecule has 0 fully saturated rings. The summed E-state index contributed by atoms with van der Waals surface area (Å²) in [6.45, 7) is 0. The lowest BCUT2D eigenvalue weighted by Gasteiger charge is -2.11. The van der Waals surface area contributed by atoms with E-state index in [9.17, 15) is 0 Å². The summed E-state index contributed by atoms with van der Waals surface area (Å²) in [6, 6.07) is 48.2. The van der Waals surface area contributed by atoms with Gasteiger partial charge in [0.25, 0.3) is 0 Å². The number of aromatic nitrogens is 3. The fourth-order valence-electron chi connectivity index (χ4n) is 4.97. The molecule has 38 heavy (non-hydrogen) atoms. The van der Waals surface area contributed by atoms with Crippen molar-refractivity contribution in [1.29, 1.82) is 0 Å². The average molecular weight is 486 g/mol. The molecule has 7 aromatic rings. The normalized spacial score (nSPS) is 11.2. The Morgan fingerprint density at radius 3 is 1.55 bits per heavy atom. The minimum absolute atomic E-state index is 0.661. The van der Waals surface area contributed by atoms with Gasteiger partial charge in [-0.3, -0.25) is 0 Å². The Balaban J connectivity index is 1.40. The highest BCUT2D eigenvalue weighted by atomic mass is 15.0. The highest BCUT2D eigenvalue weighted by molar-refractivity contribution is 5.98. The molecule has 0 radical (unpaired) electrons. The van der Waals surface area contributed by atoms with E-state index in [-0.39, 0.29) is 0 Å². The fraction of sp³-hybridized carbons (Fsp3) is 0. The van der Waals surface area contributed by atoms with Gasteiger partial charge in [0.1, 0.15) is 0 Å².